The Morgan fingerprint density at radius 2 is 1.77 bits per heavy atom. The van der Waals surface area contributed by atoms with E-state index in [1.807, 2.05) is 18.2 Å². The van der Waals surface area contributed by atoms with Crippen LogP contribution in [0.2, 0.25) is 0 Å². The molecule has 0 fully saturated rings. The number of halogens is 1. The molecule has 1 rings (SSSR count). The van der Waals surface area contributed by atoms with Crippen molar-refractivity contribution in [2.75, 3.05) is 6.54 Å². The molecule has 1 aromatic rings. The molecule has 1 aromatic carbocycles. The average molecular weight is 200 g/mol. The van der Waals surface area contributed by atoms with Crippen molar-refractivity contribution < 1.29 is 0 Å². The first-order valence-corrected chi connectivity index (χ1v) is 3.88. The van der Waals surface area contributed by atoms with E-state index in [4.69, 9.17) is 11.5 Å². The van der Waals surface area contributed by atoms with Crippen LogP contribution in [0.3, 0.4) is 0 Å². The summed E-state index contributed by atoms with van der Waals surface area (Å²) in [6.45, 7) is 0.659. The molecular formula is C9H14ClN3. The summed E-state index contributed by atoms with van der Waals surface area (Å²) in [4.78, 5) is 3.89. The highest BCUT2D eigenvalue weighted by Gasteiger charge is 1.88. The molecule has 0 aliphatic carbocycles. The monoisotopic (exact) mass is 199 g/mol. The number of hydrogen-bond donors (Lipinski definition) is 2. The zero-order valence-corrected chi connectivity index (χ0v) is 8.13. The van der Waals surface area contributed by atoms with Crippen molar-refractivity contribution >= 4 is 18.4 Å². The molecule has 0 unspecified atom stereocenters. The van der Waals surface area contributed by atoms with Crippen LogP contribution < -0.4 is 11.5 Å². The van der Waals surface area contributed by atoms with Gasteiger partial charge in [-0.3, -0.25) is 4.99 Å². The van der Waals surface area contributed by atoms with Crippen LogP contribution in [-0.2, 0) is 6.42 Å². The summed E-state index contributed by atoms with van der Waals surface area (Å²) in [5.41, 5.74) is 11.6. The van der Waals surface area contributed by atoms with Crippen molar-refractivity contribution in [2.24, 2.45) is 16.5 Å². The number of benzene rings is 1. The van der Waals surface area contributed by atoms with Gasteiger partial charge in [-0.2, -0.15) is 0 Å². The molecule has 0 atom stereocenters. The predicted molar refractivity (Wildman–Crippen MR) is 58.1 cm³/mol. The number of nitrogens with two attached hydrogens (primary N) is 2. The Labute approximate surface area is 84.3 Å². The summed E-state index contributed by atoms with van der Waals surface area (Å²) in [5, 5.41) is 0. The fourth-order valence-corrected chi connectivity index (χ4v) is 0.959. The van der Waals surface area contributed by atoms with Gasteiger partial charge in [-0.15, -0.1) is 12.4 Å². The zero-order valence-electron chi connectivity index (χ0n) is 7.31. The second-order valence-corrected chi connectivity index (χ2v) is 2.54. The molecule has 0 bridgehead atoms. The van der Waals surface area contributed by atoms with Gasteiger partial charge in [0.1, 0.15) is 0 Å². The molecule has 0 aliphatic heterocycles. The molecule has 0 aromatic heterocycles. The fourth-order valence-electron chi connectivity index (χ4n) is 0.959. The predicted octanol–water partition coefficient (Wildman–Crippen LogP) is 0.924. The molecule has 13 heavy (non-hydrogen) atoms. The second kappa shape index (κ2) is 6.31. The quantitative estimate of drug-likeness (QED) is 0.562. The first-order chi connectivity index (χ1) is 5.79. The molecule has 4 heteroatoms. The summed E-state index contributed by atoms with van der Waals surface area (Å²) in [5.74, 6) is 0.158. The fraction of sp³-hybridized carbons (Fsp3) is 0.222. The molecule has 0 spiro atoms. The van der Waals surface area contributed by atoms with Crippen LogP contribution in [0, 0.1) is 0 Å². The van der Waals surface area contributed by atoms with Gasteiger partial charge in [0, 0.05) is 6.54 Å². The molecule has 0 amide bonds. The second-order valence-electron chi connectivity index (χ2n) is 2.54. The normalized spacial score (nSPS) is 8.62. The maximum atomic E-state index is 5.18. The van der Waals surface area contributed by atoms with Gasteiger partial charge in [-0.1, -0.05) is 30.3 Å². The smallest absolute Gasteiger partial charge is 0.185 e. The minimum absolute atomic E-state index is 0. The van der Waals surface area contributed by atoms with Gasteiger partial charge in [0.15, 0.2) is 5.96 Å². The number of nitrogens with zero attached hydrogens (tertiary/aromatic N) is 1. The van der Waals surface area contributed by atoms with Crippen LogP contribution in [0.15, 0.2) is 35.3 Å². The van der Waals surface area contributed by atoms with Gasteiger partial charge in [-0.25, -0.2) is 0 Å². The van der Waals surface area contributed by atoms with Crippen LogP contribution in [0.4, 0.5) is 0 Å². The highest BCUT2D eigenvalue weighted by Crippen LogP contribution is 1.98. The van der Waals surface area contributed by atoms with E-state index in [1.54, 1.807) is 0 Å². The van der Waals surface area contributed by atoms with Gasteiger partial charge in [0.25, 0.3) is 0 Å². The Morgan fingerprint density at radius 3 is 2.31 bits per heavy atom. The lowest BCUT2D eigenvalue weighted by Crippen LogP contribution is -2.23. The molecule has 0 radical (unpaired) electrons. The Morgan fingerprint density at radius 1 is 1.15 bits per heavy atom. The Balaban J connectivity index is 0.00000144. The molecular weight excluding hydrogens is 186 g/mol. The van der Waals surface area contributed by atoms with Crippen LogP contribution >= 0.6 is 12.4 Å². The molecule has 0 saturated heterocycles. The first-order valence-electron chi connectivity index (χ1n) is 3.88. The van der Waals surface area contributed by atoms with Crippen molar-refractivity contribution in [3.8, 4) is 0 Å². The third-order valence-corrected chi connectivity index (χ3v) is 1.54. The lowest BCUT2D eigenvalue weighted by Gasteiger charge is -1.96. The van der Waals surface area contributed by atoms with E-state index in [2.05, 4.69) is 17.1 Å². The molecule has 72 valence electrons. The van der Waals surface area contributed by atoms with Gasteiger partial charge in [0.2, 0.25) is 0 Å². The number of rotatable bonds is 3. The summed E-state index contributed by atoms with van der Waals surface area (Å²) in [7, 11) is 0. The Kier molecular flexibility index (Phi) is 5.72. The third kappa shape index (κ3) is 5.09. The highest BCUT2D eigenvalue weighted by molar-refractivity contribution is 5.85. The van der Waals surface area contributed by atoms with E-state index in [-0.39, 0.29) is 18.4 Å². The maximum Gasteiger partial charge on any atom is 0.185 e. The van der Waals surface area contributed by atoms with Gasteiger partial charge in [-0.05, 0) is 12.0 Å². The van der Waals surface area contributed by atoms with Crippen molar-refractivity contribution in [2.45, 2.75) is 6.42 Å². The largest absolute Gasteiger partial charge is 0.370 e. The SMILES string of the molecule is Cl.NC(N)=NCCc1ccccc1. The standard InChI is InChI=1S/C9H13N3.ClH/c10-9(11)12-7-6-8-4-2-1-3-5-8;/h1-5H,6-7H2,(H4,10,11,12);1H. The van der Waals surface area contributed by atoms with E-state index in [1.165, 1.54) is 5.56 Å². The zero-order chi connectivity index (χ0) is 8.81. The van der Waals surface area contributed by atoms with Crippen LogP contribution in [0.25, 0.3) is 0 Å². The van der Waals surface area contributed by atoms with Gasteiger partial charge < -0.3 is 11.5 Å². The number of aliphatic imine (C=N–C) groups is 1. The molecule has 0 aliphatic rings. The molecule has 4 N–H and O–H groups in total. The average Bonchev–Trinajstić information content (AvgIpc) is 2.05. The van der Waals surface area contributed by atoms with Crippen molar-refractivity contribution in [3.63, 3.8) is 0 Å². The van der Waals surface area contributed by atoms with Gasteiger partial charge in [0.05, 0.1) is 0 Å². The first kappa shape index (κ1) is 11.8. The van der Waals surface area contributed by atoms with Crippen LogP contribution in [0.5, 0.6) is 0 Å². The number of hydrogen-bond acceptors (Lipinski definition) is 1. The topological polar surface area (TPSA) is 64.4 Å². The molecule has 0 heterocycles. The van der Waals surface area contributed by atoms with Gasteiger partial charge >= 0.3 is 0 Å². The van der Waals surface area contributed by atoms with Crippen molar-refractivity contribution in [1.29, 1.82) is 0 Å². The van der Waals surface area contributed by atoms with E-state index >= 15 is 0 Å². The van der Waals surface area contributed by atoms with Crippen molar-refractivity contribution in [3.05, 3.63) is 35.9 Å². The van der Waals surface area contributed by atoms with Crippen LogP contribution in [0.1, 0.15) is 5.56 Å². The van der Waals surface area contributed by atoms with E-state index in [9.17, 15) is 0 Å². The Bertz CT molecular complexity index is 255. The summed E-state index contributed by atoms with van der Waals surface area (Å²) in [6.07, 6.45) is 0.888. The highest BCUT2D eigenvalue weighted by atomic mass is 35.5. The molecule has 3 nitrogen and oxygen atoms in total. The van der Waals surface area contributed by atoms with E-state index < -0.39 is 0 Å². The lowest BCUT2D eigenvalue weighted by atomic mass is 10.2. The van der Waals surface area contributed by atoms with Crippen LogP contribution in [-0.4, -0.2) is 12.5 Å². The maximum absolute atomic E-state index is 5.18. The summed E-state index contributed by atoms with van der Waals surface area (Å²) >= 11 is 0. The Hall–Kier alpha value is -1.22. The van der Waals surface area contributed by atoms with E-state index in [0.29, 0.717) is 6.54 Å². The van der Waals surface area contributed by atoms with Crippen molar-refractivity contribution in [1.82, 2.24) is 0 Å². The molecule has 0 saturated carbocycles. The lowest BCUT2D eigenvalue weighted by molar-refractivity contribution is 0.962. The minimum Gasteiger partial charge on any atom is -0.370 e. The third-order valence-electron chi connectivity index (χ3n) is 1.54. The summed E-state index contributed by atoms with van der Waals surface area (Å²) < 4.78 is 0. The van der Waals surface area contributed by atoms with E-state index in [0.717, 1.165) is 6.42 Å². The number of guanidine groups is 1. The summed E-state index contributed by atoms with van der Waals surface area (Å²) in [6, 6.07) is 10.1. The minimum atomic E-state index is 0.